The van der Waals surface area contributed by atoms with Gasteiger partial charge < -0.3 is 14.9 Å². The molecule has 0 aliphatic carbocycles. The molecule has 2 aromatic carbocycles. The quantitative estimate of drug-likeness (QED) is 0.791. The molecule has 0 bridgehead atoms. The number of carbonyl (C=O) groups is 1. The SMILES string of the molecule is CP(=O)(O)C(NC(=O)OCc1ccccc1)c1cccc(Cl)c1. The molecule has 5 nitrogen and oxygen atoms in total. The third-order valence-corrected chi connectivity index (χ3v) is 4.73. The summed E-state index contributed by atoms with van der Waals surface area (Å²) < 4.78 is 17.2. The normalized spacial score (nSPS) is 14.6. The molecule has 7 heteroatoms. The number of nitrogens with one attached hydrogen (secondary N) is 1. The van der Waals surface area contributed by atoms with Gasteiger partial charge >= 0.3 is 6.09 Å². The highest BCUT2D eigenvalue weighted by Crippen LogP contribution is 2.50. The number of amides is 1. The molecule has 2 N–H and O–H groups in total. The van der Waals surface area contributed by atoms with Gasteiger partial charge in [0.25, 0.3) is 0 Å². The van der Waals surface area contributed by atoms with Crippen molar-refractivity contribution < 1.29 is 19.0 Å². The second-order valence-electron chi connectivity index (χ2n) is 5.11. The average Bonchev–Trinajstić information content (AvgIpc) is 2.50. The minimum atomic E-state index is -3.64. The van der Waals surface area contributed by atoms with Crippen molar-refractivity contribution in [2.45, 2.75) is 12.4 Å². The van der Waals surface area contributed by atoms with Crippen LogP contribution in [0, 0.1) is 0 Å². The Hall–Kier alpha value is -1.81. The van der Waals surface area contributed by atoms with Gasteiger partial charge in [0.1, 0.15) is 12.4 Å². The molecule has 0 radical (unpaired) electrons. The Morgan fingerprint density at radius 1 is 1.26 bits per heavy atom. The molecule has 0 aromatic heterocycles. The predicted octanol–water partition coefficient (Wildman–Crippen LogP) is 4.17. The van der Waals surface area contributed by atoms with Gasteiger partial charge in [-0.1, -0.05) is 54.1 Å². The zero-order valence-corrected chi connectivity index (χ0v) is 14.1. The van der Waals surface area contributed by atoms with Crippen molar-refractivity contribution in [2.24, 2.45) is 0 Å². The lowest BCUT2D eigenvalue weighted by Gasteiger charge is -2.21. The lowest BCUT2D eigenvalue weighted by molar-refractivity contribution is 0.138. The molecule has 23 heavy (non-hydrogen) atoms. The number of rotatable bonds is 5. The Balaban J connectivity index is 2.06. The van der Waals surface area contributed by atoms with Crippen LogP contribution in [0.25, 0.3) is 0 Å². The number of ether oxygens (including phenoxy) is 1. The monoisotopic (exact) mass is 353 g/mol. The molecule has 0 fully saturated rings. The summed E-state index contributed by atoms with van der Waals surface area (Å²) in [5, 5.41) is 2.85. The van der Waals surface area contributed by atoms with Crippen LogP contribution in [0.3, 0.4) is 0 Å². The highest BCUT2D eigenvalue weighted by molar-refractivity contribution is 7.57. The van der Waals surface area contributed by atoms with Gasteiger partial charge in [0, 0.05) is 11.7 Å². The second kappa shape index (κ2) is 7.64. The number of hydrogen-bond acceptors (Lipinski definition) is 3. The number of alkyl carbamates (subject to hydrolysis) is 1. The third-order valence-electron chi connectivity index (χ3n) is 3.11. The Labute approximate surface area is 139 Å². The van der Waals surface area contributed by atoms with Crippen molar-refractivity contribution in [3.05, 3.63) is 70.7 Å². The molecule has 0 saturated carbocycles. The molecule has 0 saturated heterocycles. The number of benzene rings is 2. The minimum absolute atomic E-state index is 0.0778. The third kappa shape index (κ3) is 5.39. The van der Waals surface area contributed by atoms with Crippen molar-refractivity contribution in [1.82, 2.24) is 5.32 Å². The second-order valence-corrected chi connectivity index (χ2v) is 7.95. The standard InChI is InChI=1S/C16H17ClNO4P/c1-23(20,21)15(13-8-5-9-14(17)10-13)18-16(19)22-11-12-6-3-2-4-7-12/h2-10,15H,11H2,1H3,(H,18,19)(H,20,21). The molecule has 2 rings (SSSR count). The van der Waals surface area contributed by atoms with E-state index in [4.69, 9.17) is 16.3 Å². The van der Waals surface area contributed by atoms with E-state index in [1.807, 2.05) is 30.3 Å². The van der Waals surface area contributed by atoms with E-state index in [2.05, 4.69) is 5.32 Å². The molecule has 2 unspecified atom stereocenters. The first kappa shape index (κ1) is 17.5. The smallest absolute Gasteiger partial charge is 0.408 e. The molecule has 0 aliphatic heterocycles. The molecule has 122 valence electrons. The maximum absolute atomic E-state index is 12.1. The lowest BCUT2D eigenvalue weighted by atomic mass is 10.2. The van der Waals surface area contributed by atoms with E-state index in [-0.39, 0.29) is 6.61 Å². The van der Waals surface area contributed by atoms with Crippen LogP contribution < -0.4 is 5.32 Å². The van der Waals surface area contributed by atoms with Crippen molar-refractivity contribution >= 4 is 25.1 Å². The summed E-state index contributed by atoms with van der Waals surface area (Å²) >= 11 is 5.90. The summed E-state index contributed by atoms with van der Waals surface area (Å²) in [6, 6.07) is 15.6. The first-order chi connectivity index (χ1) is 10.9. The topological polar surface area (TPSA) is 75.6 Å². The maximum Gasteiger partial charge on any atom is 0.408 e. The summed E-state index contributed by atoms with van der Waals surface area (Å²) in [5.41, 5.74) is 1.27. The molecule has 0 heterocycles. The molecule has 0 spiro atoms. The predicted molar refractivity (Wildman–Crippen MR) is 89.7 cm³/mol. The Kier molecular flexibility index (Phi) is 5.83. The van der Waals surface area contributed by atoms with Gasteiger partial charge in [0.05, 0.1) is 0 Å². The van der Waals surface area contributed by atoms with Crippen LogP contribution in [0.1, 0.15) is 16.9 Å². The van der Waals surface area contributed by atoms with Gasteiger partial charge in [-0.25, -0.2) is 4.79 Å². The Morgan fingerprint density at radius 3 is 2.57 bits per heavy atom. The van der Waals surface area contributed by atoms with Crippen molar-refractivity contribution in [2.75, 3.05) is 6.66 Å². The number of carbonyl (C=O) groups excluding carboxylic acids is 1. The van der Waals surface area contributed by atoms with Crippen LogP contribution in [0.2, 0.25) is 5.02 Å². The zero-order valence-electron chi connectivity index (χ0n) is 12.5. The fourth-order valence-corrected chi connectivity index (χ4v) is 3.29. The Morgan fingerprint density at radius 2 is 1.96 bits per heavy atom. The van der Waals surface area contributed by atoms with Crippen molar-refractivity contribution in [3.8, 4) is 0 Å². The van der Waals surface area contributed by atoms with Gasteiger partial charge in [-0.3, -0.25) is 4.57 Å². The maximum atomic E-state index is 12.1. The van der Waals surface area contributed by atoms with Crippen molar-refractivity contribution in [1.29, 1.82) is 0 Å². The van der Waals surface area contributed by atoms with Gasteiger partial charge in [-0.15, -0.1) is 0 Å². The van der Waals surface area contributed by atoms with Crippen LogP contribution in [-0.2, 0) is 15.9 Å². The van der Waals surface area contributed by atoms with Crippen LogP contribution in [0.4, 0.5) is 4.79 Å². The van der Waals surface area contributed by atoms with Gasteiger partial charge in [-0.2, -0.15) is 0 Å². The van der Waals surface area contributed by atoms with Crippen LogP contribution in [-0.4, -0.2) is 17.7 Å². The number of hydrogen-bond donors (Lipinski definition) is 2. The lowest BCUT2D eigenvalue weighted by Crippen LogP contribution is -2.29. The van der Waals surface area contributed by atoms with Crippen LogP contribution >= 0.6 is 19.0 Å². The van der Waals surface area contributed by atoms with E-state index in [1.54, 1.807) is 18.2 Å². The average molecular weight is 354 g/mol. The zero-order chi connectivity index (χ0) is 16.9. The molecular weight excluding hydrogens is 337 g/mol. The summed E-state index contributed by atoms with van der Waals surface area (Å²) in [6.07, 6.45) is -0.769. The first-order valence-corrected chi connectivity index (χ1v) is 9.44. The van der Waals surface area contributed by atoms with Gasteiger partial charge in [0.2, 0.25) is 7.37 Å². The summed E-state index contributed by atoms with van der Waals surface area (Å²) in [5.74, 6) is -1.08. The van der Waals surface area contributed by atoms with Crippen LogP contribution in [0.5, 0.6) is 0 Å². The van der Waals surface area contributed by atoms with E-state index in [1.165, 1.54) is 12.7 Å². The van der Waals surface area contributed by atoms with E-state index in [9.17, 15) is 14.3 Å². The van der Waals surface area contributed by atoms with E-state index >= 15 is 0 Å². The number of halogens is 1. The first-order valence-electron chi connectivity index (χ1n) is 6.89. The minimum Gasteiger partial charge on any atom is -0.445 e. The molecular formula is C16H17ClNO4P. The fraction of sp³-hybridized carbons (Fsp3) is 0.188. The van der Waals surface area contributed by atoms with Crippen LogP contribution in [0.15, 0.2) is 54.6 Å². The summed E-state index contributed by atoms with van der Waals surface area (Å²) in [4.78, 5) is 21.8. The van der Waals surface area contributed by atoms with E-state index in [0.717, 1.165) is 5.56 Å². The Bertz CT molecular complexity index is 717. The van der Waals surface area contributed by atoms with E-state index in [0.29, 0.717) is 10.6 Å². The van der Waals surface area contributed by atoms with Crippen molar-refractivity contribution in [3.63, 3.8) is 0 Å². The molecule has 0 aliphatic rings. The highest BCUT2D eigenvalue weighted by Gasteiger charge is 2.29. The molecule has 2 atom stereocenters. The fourth-order valence-electron chi connectivity index (χ4n) is 2.03. The summed E-state index contributed by atoms with van der Waals surface area (Å²) in [6.45, 7) is 1.25. The molecule has 2 aromatic rings. The summed E-state index contributed by atoms with van der Waals surface area (Å²) in [7, 11) is -3.64. The van der Waals surface area contributed by atoms with Gasteiger partial charge in [-0.05, 0) is 23.3 Å². The highest BCUT2D eigenvalue weighted by atomic mass is 35.5. The van der Waals surface area contributed by atoms with E-state index < -0.39 is 19.2 Å². The largest absolute Gasteiger partial charge is 0.445 e. The molecule has 1 amide bonds. The van der Waals surface area contributed by atoms with Gasteiger partial charge in [0.15, 0.2) is 0 Å².